The highest BCUT2D eigenvalue weighted by Gasteiger charge is 2.26. The fourth-order valence-electron chi connectivity index (χ4n) is 3.97. The number of nitrogens with zero attached hydrogens (tertiary/aromatic N) is 3. The molecule has 1 aromatic carbocycles. The van der Waals surface area contributed by atoms with Gasteiger partial charge >= 0.3 is 0 Å². The van der Waals surface area contributed by atoms with Gasteiger partial charge in [0, 0.05) is 31.0 Å². The van der Waals surface area contributed by atoms with Crippen LogP contribution in [0.2, 0.25) is 0 Å². The zero-order valence-corrected chi connectivity index (χ0v) is 16.2. The number of hydrogen-bond acceptors (Lipinski definition) is 5. The van der Waals surface area contributed by atoms with Crippen LogP contribution in [0, 0.1) is 13.8 Å². The van der Waals surface area contributed by atoms with E-state index in [2.05, 4.69) is 15.1 Å². The first-order valence-electron chi connectivity index (χ1n) is 9.71. The maximum absolute atomic E-state index is 12.8. The molecule has 28 heavy (non-hydrogen) atoms. The van der Waals surface area contributed by atoms with Crippen LogP contribution in [0.4, 0.5) is 0 Å². The Balaban J connectivity index is 1.47. The first kappa shape index (κ1) is 18.4. The lowest BCUT2D eigenvalue weighted by atomic mass is 9.96. The second-order valence-electron chi connectivity index (χ2n) is 7.45. The van der Waals surface area contributed by atoms with Crippen molar-refractivity contribution in [1.29, 1.82) is 0 Å². The molecule has 0 spiro atoms. The summed E-state index contributed by atoms with van der Waals surface area (Å²) in [4.78, 5) is 34.6. The van der Waals surface area contributed by atoms with Crippen LogP contribution in [0.1, 0.15) is 48.0 Å². The van der Waals surface area contributed by atoms with Gasteiger partial charge in [-0.1, -0.05) is 17.3 Å². The van der Waals surface area contributed by atoms with E-state index in [0.29, 0.717) is 36.1 Å². The zero-order valence-electron chi connectivity index (χ0n) is 16.2. The maximum Gasteiger partial charge on any atom is 0.258 e. The summed E-state index contributed by atoms with van der Waals surface area (Å²) in [6, 6.07) is 7.34. The highest BCUT2D eigenvalue weighted by Crippen LogP contribution is 2.25. The number of hydrogen-bond donors (Lipinski definition) is 1. The van der Waals surface area contributed by atoms with Crippen molar-refractivity contribution in [2.75, 3.05) is 13.1 Å². The van der Waals surface area contributed by atoms with E-state index < -0.39 is 0 Å². The third-order valence-corrected chi connectivity index (χ3v) is 5.56. The highest BCUT2D eigenvalue weighted by atomic mass is 16.5. The van der Waals surface area contributed by atoms with Crippen molar-refractivity contribution >= 4 is 16.8 Å². The van der Waals surface area contributed by atoms with Crippen LogP contribution in [0.25, 0.3) is 10.9 Å². The fourth-order valence-corrected chi connectivity index (χ4v) is 3.97. The van der Waals surface area contributed by atoms with Crippen molar-refractivity contribution < 1.29 is 9.32 Å². The molecule has 1 N–H and O–H groups in total. The summed E-state index contributed by atoms with van der Waals surface area (Å²) in [6.07, 6.45) is 2.87. The Kier molecular flexibility index (Phi) is 4.98. The number of para-hydroxylation sites is 1. The number of benzene rings is 1. The van der Waals surface area contributed by atoms with Crippen molar-refractivity contribution in [2.45, 2.75) is 45.4 Å². The molecule has 0 saturated carbocycles. The predicted molar refractivity (Wildman–Crippen MR) is 105 cm³/mol. The van der Waals surface area contributed by atoms with Crippen LogP contribution in [-0.2, 0) is 11.2 Å². The molecule has 1 atom stereocenters. The number of aromatic nitrogens is 3. The van der Waals surface area contributed by atoms with Crippen LogP contribution in [-0.4, -0.2) is 39.0 Å². The smallest absolute Gasteiger partial charge is 0.258 e. The lowest BCUT2D eigenvalue weighted by Crippen LogP contribution is -2.40. The Bertz CT molecular complexity index is 1050. The van der Waals surface area contributed by atoms with Gasteiger partial charge in [0.15, 0.2) is 0 Å². The summed E-state index contributed by atoms with van der Waals surface area (Å²) >= 11 is 0. The van der Waals surface area contributed by atoms with Gasteiger partial charge in [0.2, 0.25) is 5.91 Å². The third kappa shape index (κ3) is 3.56. The molecule has 0 aliphatic carbocycles. The first-order valence-corrected chi connectivity index (χ1v) is 9.71. The van der Waals surface area contributed by atoms with E-state index in [1.807, 2.05) is 36.9 Å². The monoisotopic (exact) mass is 380 g/mol. The Morgan fingerprint density at radius 2 is 2.14 bits per heavy atom. The van der Waals surface area contributed by atoms with E-state index in [1.165, 1.54) is 0 Å². The van der Waals surface area contributed by atoms with Gasteiger partial charge in [0.25, 0.3) is 5.56 Å². The molecular weight excluding hydrogens is 356 g/mol. The number of rotatable bonds is 4. The summed E-state index contributed by atoms with van der Waals surface area (Å²) < 4.78 is 5.18. The fraction of sp³-hybridized carbons (Fsp3) is 0.429. The number of piperidine rings is 1. The van der Waals surface area contributed by atoms with Gasteiger partial charge in [-0.2, -0.15) is 0 Å². The molecule has 1 amide bonds. The summed E-state index contributed by atoms with van der Waals surface area (Å²) in [6.45, 7) is 5.10. The van der Waals surface area contributed by atoms with Gasteiger partial charge in [0.1, 0.15) is 11.6 Å². The number of aromatic amines is 1. The third-order valence-electron chi connectivity index (χ3n) is 5.56. The number of H-pyrrole nitrogens is 1. The first-order chi connectivity index (χ1) is 13.5. The predicted octanol–water partition coefficient (Wildman–Crippen LogP) is 2.87. The molecule has 0 bridgehead atoms. The molecule has 3 heterocycles. The molecule has 1 saturated heterocycles. The lowest BCUT2D eigenvalue weighted by molar-refractivity contribution is -0.132. The molecular formula is C21H24N4O3. The van der Waals surface area contributed by atoms with E-state index in [4.69, 9.17) is 4.52 Å². The van der Waals surface area contributed by atoms with Crippen molar-refractivity contribution in [3.8, 4) is 0 Å². The minimum atomic E-state index is -0.123. The summed E-state index contributed by atoms with van der Waals surface area (Å²) in [5.41, 5.74) is 2.44. The summed E-state index contributed by atoms with van der Waals surface area (Å²) in [7, 11) is 0. The van der Waals surface area contributed by atoms with E-state index in [1.54, 1.807) is 6.07 Å². The molecule has 0 radical (unpaired) electrons. The standard InChI is InChI=1S/C21H24N4O3/c1-13-16(14(2)28-24-13)9-10-19(26)25-11-5-6-15(12-25)20-22-18-8-4-3-7-17(18)21(27)23-20/h3-4,7-8,15H,5-6,9-12H2,1-2H3,(H,22,23,27)/t15-/m0/s1. The van der Waals surface area contributed by atoms with E-state index in [-0.39, 0.29) is 17.4 Å². The summed E-state index contributed by atoms with van der Waals surface area (Å²) in [5, 5.41) is 4.54. The molecule has 7 nitrogen and oxygen atoms in total. The molecule has 4 rings (SSSR count). The van der Waals surface area contributed by atoms with Gasteiger partial charge < -0.3 is 14.4 Å². The van der Waals surface area contributed by atoms with Gasteiger partial charge in [-0.15, -0.1) is 0 Å². The van der Waals surface area contributed by atoms with Crippen molar-refractivity contribution in [3.63, 3.8) is 0 Å². The lowest BCUT2D eigenvalue weighted by Gasteiger charge is -2.32. The summed E-state index contributed by atoms with van der Waals surface area (Å²) in [5.74, 6) is 1.62. The molecule has 2 aromatic heterocycles. The van der Waals surface area contributed by atoms with Crippen LogP contribution in [0.15, 0.2) is 33.6 Å². The molecule has 146 valence electrons. The van der Waals surface area contributed by atoms with Crippen LogP contribution in [0.5, 0.6) is 0 Å². The van der Waals surface area contributed by atoms with Gasteiger partial charge in [0.05, 0.1) is 16.6 Å². The van der Waals surface area contributed by atoms with Crippen LogP contribution in [0.3, 0.4) is 0 Å². The number of carbonyl (C=O) groups is 1. The SMILES string of the molecule is Cc1noc(C)c1CCC(=O)N1CCC[C@H](c2nc3ccccc3c(=O)[nH]2)C1. The number of carbonyl (C=O) groups excluding carboxylic acids is 1. The van der Waals surface area contributed by atoms with Gasteiger partial charge in [-0.3, -0.25) is 9.59 Å². The Morgan fingerprint density at radius 1 is 1.32 bits per heavy atom. The largest absolute Gasteiger partial charge is 0.361 e. The van der Waals surface area contributed by atoms with Crippen molar-refractivity contribution in [1.82, 2.24) is 20.0 Å². The van der Waals surface area contributed by atoms with Gasteiger partial charge in [-0.25, -0.2) is 4.98 Å². The average Bonchev–Trinajstić information content (AvgIpc) is 3.04. The van der Waals surface area contributed by atoms with E-state index in [0.717, 1.165) is 36.4 Å². The molecule has 3 aromatic rings. The Hall–Kier alpha value is -2.96. The highest BCUT2D eigenvalue weighted by molar-refractivity contribution is 5.78. The number of likely N-dealkylation sites (tertiary alicyclic amines) is 1. The Morgan fingerprint density at radius 3 is 2.93 bits per heavy atom. The Labute approximate surface area is 162 Å². The minimum absolute atomic E-state index is 0.0501. The minimum Gasteiger partial charge on any atom is -0.361 e. The second-order valence-corrected chi connectivity index (χ2v) is 7.45. The number of fused-ring (bicyclic) bond motifs is 1. The van der Waals surface area contributed by atoms with Gasteiger partial charge in [-0.05, 0) is 45.2 Å². The topological polar surface area (TPSA) is 92.1 Å². The maximum atomic E-state index is 12.8. The molecule has 1 fully saturated rings. The average molecular weight is 380 g/mol. The molecule has 1 aliphatic heterocycles. The normalized spacial score (nSPS) is 17.2. The van der Waals surface area contributed by atoms with Crippen molar-refractivity contribution in [2.24, 2.45) is 0 Å². The van der Waals surface area contributed by atoms with E-state index in [9.17, 15) is 9.59 Å². The molecule has 1 aliphatic rings. The van der Waals surface area contributed by atoms with E-state index >= 15 is 0 Å². The quantitative estimate of drug-likeness (QED) is 0.751. The number of aryl methyl sites for hydroxylation is 2. The molecule has 7 heteroatoms. The zero-order chi connectivity index (χ0) is 19.7. The second kappa shape index (κ2) is 7.58. The van der Waals surface area contributed by atoms with Crippen molar-refractivity contribution in [3.05, 3.63) is 57.5 Å². The number of nitrogens with one attached hydrogen (secondary N) is 1. The number of amides is 1. The van der Waals surface area contributed by atoms with Crippen LogP contribution < -0.4 is 5.56 Å². The van der Waals surface area contributed by atoms with Crippen LogP contribution >= 0.6 is 0 Å². The molecule has 0 unspecified atom stereocenters.